The molecule has 0 aliphatic rings. The van der Waals surface area contributed by atoms with Gasteiger partial charge in [0.05, 0.1) is 12.6 Å². The molecule has 2 N–H and O–H groups in total. The summed E-state index contributed by atoms with van der Waals surface area (Å²) in [7, 11) is 5.18. The molecule has 0 radical (unpaired) electrons. The van der Waals surface area contributed by atoms with Crippen LogP contribution in [0.25, 0.3) is 21.9 Å². The molecular formula is C26H38N6O4. The number of fused-ring (bicyclic) bond motifs is 3. The summed E-state index contributed by atoms with van der Waals surface area (Å²) >= 11 is 0. The smallest absolute Gasteiger partial charge is 0.396 e. The molecule has 0 atom stereocenters. The first kappa shape index (κ1) is 27.2. The normalized spacial score (nSPS) is 11.4. The Bertz CT molecular complexity index is 1180. The number of hydrogen-bond donors (Lipinski definition) is 1. The number of methoxy groups -OCH3 is 1. The van der Waals surface area contributed by atoms with E-state index in [9.17, 15) is 9.59 Å². The topological polar surface area (TPSA) is 116 Å². The van der Waals surface area contributed by atoms with Crippen LogP contribution in [0.4, 0.5) is 5.82 Å². The fourth-order valence-corrected chi connectivity index (χ4v) is 4.12. The number of aryl methyl sites for hydroxylation is 1. The summed E-state index contributed by atoms with van der Waals surface area (Å²) in [5.74, 6) is -0.227. The number of rotatable bonds is 13. The maximum Gasteiger partial charge on any atom is 0.396 e. The number of unbranched alkanes of at least 4 members (excludes halogenated alkanes) is 2. The van der Waals surface area contributed by atoms with Crippen LogP contribution in [0, 0.1) is 0 Å². The fourth-order valence-electron chi connectivity index (χ4n) is 4.12. The Balaban J connectivity index is 1.70. The first-order valence-corrected chi connectivity index (χ1v) is 12.6. The molecule has 10 nitrogen and oxygen atoms in total. The molecule has 0 saturated carbocycles. The highest BCUT2D eigenvalue weighted by Gasteiger charge is 2.22. The van der Waals surface area contributed by atoms with Gasteiger partial charge in [-0.3, -0.25) is 4.79 Å². The van der Waals surface area contributed by atoms with Crippen LogP contribution in [0.15, 0.2) is 24.3 Å². The van der Waals surface area contributed by atoms with Gasteiger partial charge in [0.25, 0.3) is 0 Å². The zero-order chi connectivity index (χ0) is 26.1. The number of nitrogens with two attached hydrogens (primary N) is 1. The number of amides is 1. The number of carbonyl (C=O) groups is 2. The number of pyridine rings is 1. The van der Waals surface area contributed by atoms with Gasteiger partial charge in [-0.25, -0.2) is 14.8 Å². The molecule has 0 bridgehead atoms. The lowest BCUT2D eigenvalue weighted by Crippen LogP contribution is -2.39. The van der Waals surface area contributed by atoms with Gasteiger partial charge in [-0.05, 0) is 52.4 Å². The molecule has 3 rings (SSSR count). The van der Waals surface area contributed by atoms with Crippen molar-refractivity contribution >= 4 is 39.6 Å². The Hall–Kier alpha value is -3.40. The summed E-state index contributed by atoms with van der Waals surface area (Å²) < 4.78 is 6.44. The number of nitrogens with zero attached hydrogens (tertiary/aromatic N) is 5. The van der Waals surface area contributed by atoms with E-state index in [-0.39, 0.29) is 0 Å². The van der Waals surface area contributed by atoms with Crippen LogP contribution in [-0.2, 0) is 20.7 Å². The van der Waals surface area contributed by atoms with Crippen molar-refractivity contribution in [2.45, 2.75) is 45.4 Å². The number of esters is 1. The quantitative estimate of drug-likeness (QED) is 0.217. The Labute approximate surface area is 212 Å². The van der Waals surface area contributed by atoms with Gasteiger partial charge in [0.2, 0.25) is 0 Å². The van der Waals surface area contributed by atoms with Crippen molar-refractivity contribution in [3.8, 4) is 0 Å². The Morgan fingerprint density at radius 1 is 1.03 bits per heavy atom. The van der Waals surface area contributed by atoms with Gasteiger partial charge in [0.15, 0.2) is 5.82 Å². The lowest BCUT2D eigenvalue weighted by atomic mass is 10.2. The summed E-state index contributed by atoms with van der Waals surface area (Å²) in [5, 5.41) is 0.938. The number of benzene rings is 1. The second kappa shape index (κ2) is 13.1. The molecular weight excluding hydrogens is 460 g/mol. The Morgan fingerprint density at radius 3 is 2.50 bits per heavy atom. The lowest BCUT2D eigenvalue weighted by molar-refractivity contribution is -0.158. The van der Waals surface area contributed by atoms with Crippen molar-refractivity contribution in [2.24, 2.45) is 0 Å². The molecule has 10 heteroatoms. The third-order valence-electron chi connectivity index (χ3n) is 6.02. The highest BCUT2D eigenvalue weighted by molar-refractivity contribution is 6.32. The zero-order valence-corrected chi connectivity index (χ0v) is 21.8. The third kappa shape index (κ3) is 6.63. The highest BCUT2D eigenvalue weighted by atomic mass is 16.7. The number of anilines is 1. The van der Waals surface area contributed by atoms with Crippen molar-refractivity contribution in [3.63, 3.8) is 0 Å². The number of ether oxygens (including phenoxy) is 1. The van der Waals surface area contributed by atoms with Crippen LogP contribution in [0.2, 0.25) is 0 Å². The SMILES string of the molecule is CCCCc1nc2c(N)nc3ccccc3c2n1OCCCCN(CCCN(C)C)C(=O)C(=O)OC. The van der Waals surface area contributed by atoms with Crippen molar-refractivity contribution in [1.82, 2.24) is 24.5 Å². The molecule has 0 saturated heterocycles. The minimum atomic E-state index is -0.834. The number of carbonyl (C=O) groups excluding carboxylic acids is 2. The predicted octanol–water partition coefficient (Wildman–Crippen LogP) is 2.67. The number of aromatic nitrogens is 3. The summed E-state index contributed by atoms with van der Waals surface area (Å²) in [4.78, 5) is 43.4. The second-order valence-electron chi connectivity index (χ2n) is 9.12. The lowest BCUT2D eigenvalue weighted by Gasteiger charge is -2.22. The Morgan fingerprint density at radius 2 is 1.78 bits per heavy atom. The summed E-state index contributed by atoms with van der Waals surface area (Å²) in [6.07, 6.45) is 4.95. The zero-order valence-electron chi connectivity index (χ0n) is 21.8. The first-order chi connectivity index (χ1) is 17.4. The van der Waals surface area contributed by atoms with Crippen molar-refractivity contribution < 1.29 is 19.2 Å². The molecule has 0 fully saturated rings. The van der Waals surface area contributed by atoms with E-state index in [0.29, 0.717) is 43.9 Å². The van der Waals surface area contributed by atoms with E-state index in [1.807, 2.05) is 43.3 Å². The van der Waals surface area contributed by atoms with Crippen molar-refractivity contribution in [1.29, 1.82) is 0 Å². The van der Waals surface area contributed by atoms with Crippen LogP contribution in [-0.4, -0.2) is 83.8 Å². The van der Waals surface area contributed by atoms with E-state index < -0.39 is 11.9 Å². The summed E-state index contributed by atoms with van der Waals surface area (Å²) in [6, 6.07) is 7.82. The maximum absolute atomic E-state index is 12.4. The van der Waals surface area contributed by atoms with Crippen LogP contribution in [0.3, 0.4) is 0 Å². The molecule has 0 aliphatic heterocycles. The van der Waals surface area contributed by atoms with Gasteiger partial charge in [-0.15, -0.1) is 0 Å². The van der Waals surface area contributed by atoms with E-state index in [2.05, 4.69) is 16.6 Å². The molecule has 2 aromatic heterocycles. The summed E-state index contributed by atoms with van der Waals surface area (Å²) in [6.45, 7) is 4.35. The average molecular weight is 499 g/mol. The molecule has 3 aromatic rings. The van der Waals surface area contributed by atoms with E-state index in [4.69, 9.17) is 15.6 Å². The van der Waals surface area contributed by atoms with Crippen LogP contribution in [0.1, 0.15) is 44.9 Å². The van der Waals surface area contributed by atoms with Gasteiger partial charge < -0.3 is 25.1 Å². The highest BCUT2D eigenvalue weighted by Crippen LogP contribution is 2.28. The molecule has 0 aliphatic carbocycles. The van der Waals surface area contributed by atoms with Crippen molar-refractivity contribution in [3.05, 3.63) is 30.1 Å². The molecule has 196 valence electrons. The van der Waals surface area contributed by atoms with Gasteiger partial charge in [-0.2, -0.15) is 4.73 Å². The molecule has 0 spiro atoms. The van der Waals surface area contributed by atoms with Crippen LogP contribution >= 0.6 is 0 Å². The van der Waals surface area contributed by atoms with Gasteiger partial charge in [-0.1, -0.05) is 31.5 Å². The van der Waals surface area contributed by atoms with E-state index >= 15 is 0 Å². The third-order valence-corrected chi connectivity index (χ3v) is 6.02. The average Bonchev–Trinajstić information content (AvgIpc) is 3.24. The van der Waals surface area contributed by atoms with E-state index in [1.165, 1.54) is 7.11 Å². The minimum Gasteiger partial charge on any atom is -0.462 e. The molecule has 1 aromatic carbocycles. The van der Waals surface area contributed by atoms with Gasteiger partial charge >= 0.3 is 11.9 Å². The minimum absolute atomic E-state index is 0.387. The number of para-hydroxylation sites is 1. The Kier molecular flexibility index (Phi) is 9.86. The monoisotopic (exact) mass is 498 g/mol. The number of imidazole rings is 1. The molecule has 36 heavy (non-hydrogen) atoms. The van der Waals surface area contributed by atoms with Gasteiger partial charge in [0, 0.05) is 24.9 Å². The second-order valence-corrected chi connectivity index (χ2v) is 9.12. The predicted molar refractivity (Wildman–Crippen MR) is 141 cm³/mol. The maximum atomic E-state index is 12.4. The number of hydrogen-bond acceptors (Lipinski definition) is 8. The van der Waals surface area contributed by atoms with Crippen LogP contribution < -0.4 is 10.6 Å². The first-order valence-electron chi connectivity index (χ1n) is 12.6. The molecule has 2 heterocycles. The van der Waals surface area contributed by atoms with Crippen LogP contribution in [0.5, 0.6) is 0 Å². The van der Waals surface area contributed by atoms with E-state index in [0.717, 1.165) is 54.5 Å². The van der Waals surface area contributed by atoms with E-state index in [1.54, 1.807) is 9.63 Å². The van der Waals surface area contributed by atoms with Gasteiger partial charge in [0.1, 0.15) is 23.5 Å². The molecule has 1 amide bonds. The number of nitrogen functional groups attached to an aromatic ring is 1. The van der Waals surface area contributed by atoms with Crippen molar-refractivity contribution in [2.75, 3.05) is 53.2 Å². The standard InChI is InChI=1S/C26H38N6O4/c1-5-6-14-21-29-22-23(19-12-7-8-13-20(19)28-24(22)27)32(21)36-18-10-9-16-31(17-11-15-30(2)3)25(33)26(34)35-4/h7-8,12-13H,5-6,9-11,14-18H2,1-4H3,(H2,27,28). The largest absolute Gasteiger partial charge is 0.462 e. The fraction of sp³-hybridized carbons (Fsp3) is 0.538. The summed E-state index contributed by atoms with van der Waals surface area (Å²) in [5.41, 5.74) is 8.52. The molecule has 0 unspecified atom stereocenters.